The van der Waals surface area contributed by atoms with Gasteiger partial charge in [-0.2, -0.15) is 5.10 Å². The fourth-order valence-electron chi connectivity index (χ4n) is 2.09. The van der Waals surface area contributed by atoms with Crippen molar-refractivity contribution >= 4 is 12.1 Å². The van der Waals surface area contributed by atoms with Crippen LogP contribution in [0.3, 0.4) is 0 Å². The molecule has 2 rings (SSSR count). The number of carbonyl (C=O) groups is 1. The van der Waals surface area contributed by atoms with Crippen molar-refractivity contribution in [2.75, 3.05) is 6.61 Å². The normalized spacial score (nSPS) is 12.3. The number of hydrogen-bond acceptors (Lipinski definition) is 3. The summed E-state index contributed by atoms with van der Waals surface area (Å²) in [5, 5.41) is 3.91. The van der Waals surface area contributed by atoms with Crippen LogP contribution in [0.15, 0.2) is 47.7 Å². The summed E-state index contributed by atoms with van der Waals surface area (Å²) >= 11 is 0. The molecule has 122 valence electrons. The van der Waals surface area contributed by atoms with E-state index in [0.717, 1.165) is 12.1 Å². The molecule has 1 aromatic carbocycles. The zero-order valence-electron chi connectivity index (χ0n) is 13.8. The van der Waals surface area contributed by atoms with Gasteiger partial charge < -0.3 is 9.30 Å². The molecule has 5 nitrogen and oxygen atoms in total. The van der Waals surface area contributed by atoms with Crippen LogP contribution in [0.2, 0.25) is 0 Å². The Labute approximate surface area is 137 Å². The van der Waals surface area contributed by atoms with Gasteiger partial charge in [0.15, 0.2) is 6.61 Å². The molecule has 23 heavy (non-hydrogen) atoms. The summed E-state index contributed by atoms with van der Waals surface area (Å²) in [6.45, 7) is 4.29. The molecule has 1 N–H and O–H groups in total. The first-order valence-corrected chi connectivity index (χ1v) is 7.76. The first kappa shape index (κ1) is 16.8. The van der Waals surface area contributed by atoms with Gasteiger partial charge in [0, 0.05) is 13.2 Å². The molecule has 1 amide bonds. The van der Waals surface area contributed by atoms with E-state index in [1.54, 1.807) is 6.21 Å². The Bertz CT molecular complexity index is 659. The number of aryl methyl sites for hydroxylation is 1. The number of amides is 1. The summed E-state index contributed by atoms with van der Waals surface area (Å²) in [7, 11) is 1.91. The molecule has 0 fully saturated rings. The Kier molecular flexibility index (Phi) is 5.97. The lowest BCUT2D eigenvalue weighted by atomic mass is 9.99. The summed E-state index contributed by atoms with van der Waals surface area (Å²) < 4.78 is 7.36. The predicted molar refractivity (Wildman–Crippen MR) is 91.8 cm³/mol. The maximum Gasteiger partial charge on any atom is 0.277 e. The first-order chi connectivity index (χ1) is 11.1. The van der Waals surface area contributed by atoms with E-state index >= 15 is 0 Å². The predicted octanol–water partition coefficient (Wildman–Crippen LogP) is 3.07. The van der Waals surface area contributed by atoms with Gasteiger partial charge in [0.25, 0.3) is 5.91 Å². The van der Waals surface area contributed by atoms with E-state index in [9.17, 15) is 4.79 Å². The van der Waals surface area contributed by atoms with E-state index in [0.29, 0.717) is 11.7 Å². The van der Waals surface area contributed by atoms with Gasteiger partial charge in [0.05, 0.1) is 11.9 Å². The summed E-state index contributed by atoms with van der Waals surface area (Å²) in [6.07, 6.45) is 4.61. The van der Waals surface area contributed by atoms with Gasteiger partial charge in [0.2, 0.25) is 0 Å². The van der Waals surface area contributed by atoms with Crippen molar-refractivity contribution in [2.24, 2.45) is 12.1 Å². The number of hydrogen-bond donors (Lipinski definition) is 1. The molecule has 0 unspecified atom stereocenters. The molecule has 0 radical (unpaired) electrons. The van der Waals surface area contributed by atoms with Gasteiger partial charge in [-0.25, -0.2) is 5.43 Å². The smallest absolute Gasteiger partial charge is 0.277 e. The van der Waals surface area contributed by atoms with Crippen LogP contribution in [0.1, 0.15) is 37.4 Å². The number of ether oxygens (including phenoxy) is 1. The monoisotopic (exact) mass is 313 g/mol. The van der Waals surface area contributed by atoms with Gasteiger partial charge >= 0.3 is 0 Å². The lowest BCUT2D eigenvalue weighted by Crippen LogP contribution is -2.24. The highest BCUT2D eigenvalue weighted by atomic mass is 16.5. The number of carbonyl (C=O) groups excluding carboxylic acids is 1. The SMILES string of the molecule is CC[C@H](C)c1ccc(OCC(=O)NN=Cc2cccn2C)cc1. The third-order valence-corrected chi connectivity index (χ3v) is 3.80. The highest BCUT2D eigenvalue weighted by Gasteiger charge is 2.04. The molecule has 0 aliphatic heterocycles. The number of benzene rings is 1. The Morgan fingerprint density at radius 2 is 2.09 bits per heavy atom. The first-order valence-electron chi connectivity index (χ1n) is 7.76. The minimum absolute atomic E-state index is 0.0623. The number of aromatic nitrogens is 1. The second-order valence-electron chi connectivity index (χ2n) is 5.50. The maximum atomic E-state index is 11.7. The Hall–Kier alpha value is -2.56. The zero-order chi connectivity index (χ0) is 16.7. The van der Waals surface area contributed by atoms with Crippen LogP contribution in [-0.4, -0.2) is 23.3 Å². The fraction of sp³-hybridized carbons (Fsp3) is 0.333. The number of rotatable bonds is 7. The van der Waals surface area contributed by atoms with Crippen LogP contribution in [0.5, 0.6) is 5.75 Å². The van der Waals surface area contributed by atoms with E-state index in [1.807, 2.05) is 54.2 Å². The van der Waals surface area contributed by atoms with Crippen LogP contribution < -0.4 is 10.2 Å². The van der Waals surface area contributed by atoms with Crippen molar-refractivity contribution in [3.8, 4) is 5.75 Å². The van der Waals surface area contributed by atoms with Crippen molar-refractivity contribution < 1.29 is 9.53 Å². The molecule has 0 saturated heterocycles. The second kappa shape index (κ2) is 8.17. The van der Waals surface area contributed by atoms with Gasteiger partial charge in [0.1, 0.15) is 5.75 Å². The zero-order valence-corrected chi connectivity index (χ0v) is 13.8. The molecular formula is C18H23N3O2. The van der Waals surface area contributed by atoms with Gasteiger partial charge in [-0.1, -0.05) is 26.0 Å². The third kappa shape index (κ3) is 4.98. The molecule has 2 aromatic rings. The molecule has 0 bridgehead atoms. The average molecular weight is 313 g/mol. The Morgan fingerprint density at radius 3 is 2.70 bits per heavy atom. The molecule has 0 saturated carbocycles. The van der Waals surface area contributed by atoms with E-state index in [2.05, 4.69) is 24.4 Å². The topological polar surface area (TPSA) is 55.6 Å². The molecule has 0 aliphatic rings. The summed E-state index contributed by atoms with van der Waals surface area (Å²) in [4.78, 5) is 11.7. The van der Waals surface area contributed by atoms with Crippen LogP contribution in [0, 0.1) is 0 Å². The van der Waals surface area contributed by atoms with Crippen molar-refractivity contribution in [1.82, 2.24) is 9.99 Å². The quantitative estimate of drug-likeness (QED) is 0.631. The van der Waals surface area contributed by atoms with Crippen molar-refractivity contribution in [2.45, 2.75) is 26.2 Å². The van der Waals surface area contributed by atoms with Crippen molar-refractivity contribution in [1.29, 1.82) is 0 Å². The third-order valence-electron chi connectivity index (χ3n) is 3.80. The lowest BCUT2D eigenvalue weighted by Gasteiger charge is -2.10. The standard InChI is InChI=1S/C18H23N3O2/c1-4-14(2)15-7-9-17(10-8-15)23-13-18(22)20-19-12-16-6-5-11-21(16)3/h5-12,14H,4,13H2,1-3H3,(H,20,22)/t14-/m0/s1. The summed E-state index contributed by atoms with van der Waals surface area (Å²) in [5.74, 6) is 0.916. The Balaban J connectivity index is 1.78. The molecule has 1 heterocycles. The lowest BCUT2D eigenvalue weighted by molar-refractivity contribution is -0.123. The van der Waals surface area contributed by atoms with Crippen LogP contribution in [0.25, 0.3) is 0 Å². The minimum Gasteiger partial charge on any atom is -0.484 e. The number of nitrogens with one attached hydrogen (secondary N) is 1. The van der Waals surface area contributed by atoms with Crippen molar-refractivity contribution in [3.05, 3.63) is 53.9 Å². The molecule has 1 atom stereocenters. The van der Waals surface area contributed by atoms with E-state index in [1.165, 1.54) is 5.56 Å². The highest BCUT2D eigenvalue weighted by molar-refractivity contribution is 5.81. The summed E-state index contributed by atoms with van der Waals surface area (Å²) in [5.41, 5.74) is 4.63. The van der Waals surface area contributed by atoms with E-state index in [-0.39, 0.29) is 12.5 Å². The van der Waals surface area contributed by atoms with E-state index < -0.39 is 0 Å². The minimum atomic E-state index is -0.290. The van der Waals surface area contributed by atoms with Crippen LogP contribution in [0.4, 0.5) is 0 Å². The second-order valence-corrected chi connectivity index (χ2v) is 5.50. The number of nitrogens with zero attached hydrogens (tertiary/aromatic N) is 2. The molecule has 1 aromatic heterocycles. The van der Waals surface area contributed by atoms with E-state index in [4.69, 9.17) is 4.74 Å². The van der Waals surface area contributed by atoms with Crippen LogP contribution in [-0.2, 0) is 11.8 Å². The fourth-order valence-corrected chi connectivity index (χ4v) is 2.09. The Morgan fingerprint density at radius 1 is 1.35 bits per heavy atom. The van der Waals surface area contributed by atoms with Gasteiger partial charge in [-0.05, 0) is 42.2 Å². The highest BCUT2D eigenvalue weighted by Crippen LogP contribution is 2.21. The van der Waals surface area contributed by atoms with Gasteiger partial charge in [-0.15, -0.1) is 0 Å². The average Bonchev–Trinajstić information content (AvgIpc) is 2.98. The summed E-state index contributed by atoms with van der Waals surface area (Å²) in [6, 6.07) is 11.7. The van der Waals surface area contributed by atoms with Gasteiger partial charge in [-0.3, -0.25) is 4.79 Å². The van der Waals surface area contributed by atoms with Crippen molar-refractivity contribution in [3.63, 3.8) is 0 Å². The molecule has 5 heteroatoms. The van der Waals surface area contributed by atoms with Crippen LogP contribution >= 0.6 is 0 Å². The molecular weight excluding hydrogens is 290 g/mol. The molecule has 0 aliphatic carbocycles. The number of hydrazone groups is 1. The maximum absolute atomic E-state index is 11.7. The molecule has 0 spiro atoms. The largest absolute Gasteiger partial charge is 0.484 e.